The van der Waals surface area contributed by atoms with E-state index < -0.39 is 0 Å². The van der Waals surface area contributed by atoms with Gasteiger partial charge in [0.25, 0.3) is 0 Å². The van der Waals surface area contributed by atoms with Crippen LogP contribution in [0.1, 0.15) is 5.76 Å². The fourth-order valence-corrected chi connectivity index (χ4v) is 0.802. The molecule has 0 saturated heterocycles. The van der Waals surface area contributed by atoms with E-state index in [9.17, 15) is 0 Å². The zero-order valence-electron chi connectivity index (χ0n) is 4.23. The van der Waals surface area contributed by atoms with Crippen molar-refractivity contribution in [1.29, 1.82) is 0 Å². The van der Waals surface area contributed by atoms with Gasteiger partial charge in [0.15, 0.2) is 4.67 Å². The number of furan rings is 1. The maximum Gasteiger partial charge on any atom is 0.169 e. The van der Waals surface area contributed by atoms with Gasteiger partial charge in [0, 0.05) is 0 Å². The van der Waals surface area contributed by atoms with Gasteiger partial charge < -0.3 is 10.2 Å². The molecule has 0 aliphatic carbocycles. The minimum Gasteiger partial charge on any atom is -0.453 e. The maximum absolute atomic E-state index is 5.25. The summed E-state index contributed by atoms with van der Waals surface area (Å²) in [6, 6.07) is 3.66. The third-order valence-corrected chi connectivity index (χ3v) is 1.26. The molecule has 0 fully saturated rings. The first-order chi connectivity index (χ1) is 3.83. The predicted octanol–water partition coefficient (Wildman–Crippen LogP) is 1.50. The van der Waals surface area contributed by atoms with Gasteiger partial charge in [0.1, 0.15) is 5.76 Å². The van der Waals surface area contributed by atoms with Crippen molar-refractivity contribution in [2.45, 2.75) is 6.54 Å². The molecule has 44 valence electrons. The Labute approximate surface area is 55.8 Å². The van der Waals surface area contributed by atoms with Crippen LogP contribution in [0.2, 0.25) is 0 Å². The van der Waals surface area contributed by atoms with Crippen LogP contribution in [-0.4, -0.2) is 0 Å². The van der Waals surface area contributed by atoms with Crippen LogP contribution in [0.3, 0.4) is 0 Å². The standard InChI is InChI=1S/C5H6BrNO/c6-5-2-1-4(3-7)8-5/h1-2H,3,7H2. The van der Waals surface area contributed by atoms with Gasteiger partial charge in [-0.1, -0.05) is 0 Å². The normalized spacial score (nSPS) is 9.75. The summed E-state index contributed by atoms with van der Waals surface area (Å²) in [4.78, 5) is 0. The van der Waals surface area contributed by atoms with Crippen molar-refractivity contribution in [2.24, 2.45) is 5.73 Å². The van der Waals surface area contributed by atoms with E-state index in [4.69, 9.17) is 10.2 Å². The molecule has 0 amide bonds. The number of rotatable bonds is 1. The molecule has 1 aromatic rings. The molecule has 0 aromatic carbocycles. The Bertz CT molecular complexity index is 173. The Morgan fingerprint density at radius 1 is 1.62 bits per heavy atom. The average molecular weight is 176 g/mol. The summed E-state index contributed by atoms with van der Waals surface area (Å²) in [5.41, 5.74) is 5.25. The van der Waals surface area contributed by atoms with Crippen LogP contribution in [0.25, 0.3) is 0 Å². The van der Waals surface area contributed by atoms with Gasteiger partial charge in [0.2, 0.25) is 0 Å². The lowest BCUT2D eigenvalue weighted by atomic mass is 10.5. The molecular formula is C5H6BrNO. The molecule has 0 radical (unpaired) electrons. The summed E-state index contributed by atoms with van der Waals surface area (Å²) in [6.45, 7) is 0.464. The Morgan fingerprint density at radius 3 is 2.62 bits per heavy atom. The molecule has 8 heavy (non-hydrogen) atoms. The van der Waals surface area contributed by atoms with Crippen LogP contribution < -0.4 is 5.73 Å². The Balaban J connectivity index is 2.84. The molecular weight excluding hydrogens is 170 g/mol. The van der Waals surface area contributed by atoms with Crippen molar-refractivity contribution >= 4 is 15.9 Å². The second-order valence-corrected chi connectivity index (χ2v) is 2.19. The fraction of sp³-hybridized carbons (Fsp3) is 0.200. The number of hydrogen-bond donors (Lipinski definition) is 1. The van der Waals surface area contributed by atoms with E-state index in [2.05, 4.69) is 15.9 Å². The molecule has 0 atom stereocenters. The molecule has 2 N–H and O–H groups in total. The first kappa shape index (κ1) is 5.85. The lowest BCUT2D eigenvalue weighted by Crippen LogP contribution is -1.92. The highest BCUT2D eigenvalue weighted by Crippen LogP contribution is 2.12. The lowest BCUT2D eigenvalue weighted by molar-refractivity contribution is 0.490. The minimum absolute atomic E-state index is 0.464. The highest BCUT2D eigenvalue weighted by molar-refractivity contribution is 9.10. The highest BCUT2D eigenvalue weighted by atomic mass is 79.9. The summed E-state index contributed by atoms with van der Waals surface area (Å²) in [5, 5.41) is 0. The van der Waals surface area contributed by atoms with Crippen molar-refractivity contribution in [3.63, 3.8) is 0 Å². The zero-order chi connectivity index (χ0) is 5.98. The first-order valence-electron chi connectivity index (χ1n) is 2.27. The summed E-state index contributed by atoms with van der Waals surface area (Å²) < 4.78 is 5.76. The third-order valence-electron chi connectivity index (χ3n) is 0.830. The van der Waals surface area contributed by atoms with E-state index in [1.165, 1.54) is 0 Å². The summed E-state index contributed by atoms with van der Waals surface area (Å²) in [6.07, 6.45) is 0. The molecule has 2 nitrogen and oxygen atoms in total. The zero-order valence-corrected chi connectivity index (χ0v) is 5.81. The fourth-order valence-electron chi connectivity index (χ4n) is 0.461. The van der Waals surface area contributed by atoms with Gasteiger partial charge in [-0.2, -0.15) is 0 Å². The predicted molar refractivity (Wildman–Crippen MR) is 34.3 cm³/mol. The molecule has 0 aliphatic rings. The summed E-state index contributed by atoms with van der Waals surface area (Å²) >= 11 is 3.15. The van der Waals surface area contributed by atoms with E-state index >= 15 is 0 Å². The van der Waals surface area contributed by atoms with Crippen LogP contribution in [0.5, 0.6) is 0 Å². The number of halogens is 1. The maximum atomic E-state index is 5.25. The Morgan fingerprint density at radius 2 is 2.38 bits per heavy atom. The van der Waals surface area contributed by atoms with Crippen LogP contribution in [0.4, 0.5) is 0 Å². The monoisotopic (exact) mass is 175 g/mol. The smallest absolute Gasteiger partial charge is 0.169 e. The van der Waals surface area contributed by atoms with E-state index in [0.29, 0.717) is 6.54 Å². The topological polar surface area (TPSA) is 39.2 Å². The van der Waals surface area contributed by atoms with E-state index in [0.717, 1.165) is 10.4 Å². The molecule has 3 heteroatoms. The SMILES string of the molecule is NCc1ccc(Br)o1. The van der Waals surface area contributed by atoms with E-state index in [1.807, 2.05) is 12.1 Å². The summed E-state index contributed by atoms with van der Waals surface area (Å²) in [5.74, 6) is 0.803. The van der Waals surface area contributed by atoms with Gasteiger partial charge in [0.05, 0.1) is 6.54 Å². The van der Waals surface area contributed by atoms with Crippen molar-refractivity contribution in [3.8, 4) is 0 Å². The molecule has 1 heterocycles. The van der Waals surface area contributed by atoms with Crippen LogP contribution in [0, 0.1) is 0 Å². The second kappa shape index (κ2) is 2.33. The Hall–Kier alpha value is -0.280. The molecule has 1 rings (SSSR count). The van der Waals surface area contributed by atoms with Gasteiger partial charge in [-0.05, 0) is 28.1 Å². The van der Waals surface area contributed by atoms with Crippen LogP contribution in [0.15, 0.2) is 21.2 Å². The van der Waals surface area contributed by atoms with Crippen LogP contribution in [-0.2, 0) is 6.54 Å². The number of nitrogens with two attached hydrogens (primary N) is 1. The van der Waals surface area contributed by atoms with Gasteiger partial charge in [-0.25, -0.2) is 0 Å². The molecule has 0 spiro atoms. The highest BCUT2D eigenvalue weighted by Gasteiger charge is 1.92. The third kappa shape index (κ3) is 1.11. The van der Waals surface area contributed by atoms with Crippen molar-refractivity contribution in [2.75, 3.05) is 0 Å². The minimum atomic E-state index is 0.464. The van der Waals surface area contributed by atoms with Crippen LogP contribution >= 0.6 is 15.9 Å². The molecule has 0 unspecified atom stereocenters. The van der Waals surface area contributed by atoms with Crippen molar-refractivity contribution < 1.29 is 4.42 Å². The number of hydrogen-bond acceptors (Lipinski definition) is 2. The van der Waals surface area contributed by atoms with E-state index in [-0.39, 0.29) is 0 Å². The summed E-state index contributed by atoms with van der Waals surface area (Å²) in [7, 11) is 0. The average Bonchev–Trinajstić information content (AvgIpc) is 2.14. The van der Waals surface area contributed by atoms with Gasteiger partial charge in [-0.3, -0.25) is 0 Å². The molecule has 0 bridgehead atoms. The quantitative estimate of drug-likeness (QED) is 0.704. The van der Waals surface area contributed by atoms with Gasteiger partial charge >= 0.3 is 0 Å². The largest absolute Gasteiger partial charge is 0.453 e. The second-order valence-electron chi connectivity index (χ2n) is 1.41. The molecule has 0 saturated carbocycles. The lowest BCUT2D eigenvalue weighted by Gasteiger charge is -1.82. The van der Waals surface area contributed by atoms with E-state index in [1.54, 1.807) is 0 Å². The first-order valence-corrected chi connectivity index (χ1v) is 3.06. The van der Waals surface area contributed by atoms with Crippen molar-refractivity contribution in [1.82, 2.24) is 0 Å². The molecule has 0 aliphatic heterocycles. The van der Waals surface area contributed by atoms with Crippen molar-refractivity contribution in [3.05, 3.63) is 22.6 Å². The molecule has 1 aromatic heterocycles. The Kier molecular flexibility index (Phi) is 1.70. The van der Waals surface area contributed by atoms with Gasteiger partial charge in [-0.15, -0.1) is 0 Å².